The van der Waals surface area contributed by atoms with Gasteiger partial charge in [0.15, 0.2) is 0 Å². The van der Waals surface area contributed by atoms with Crippen molar-refractivity contribution in [3.63, 3.8) is 0 Å². The van der Waals surface area contributed by atoms with Crippen LogP contribution in [0.25, 0.3) is 0 Å². The molecular formula is C20H26BrN5O2. The first-order chi connectivity index (χ1) is 13.4. The maximum Gasteiger partial charge on any atom is 0.274 e. The van der Waals surface area contributed by atoms with Crippen LogP contribution in [0.5, 0.6) is 0 Å². The van der Waals surface area contributed by atoms with E-state index in [1.165, 1.54) is 4.57 Å². The van der Waals surface area contributed by atoms with Crippen LogP contribution in [0.15, 0.2) is 39.9 Å². The Bertz CT molecular complexity index is 896. The molecule has 4 rings (SSSR count). The van der Waals surface area contributed by atoms with Gasteiger partial charge in [0.1, 0.15) is 11.5 Å². The Morgan fingerprint density at radius 1 is 1.21 bits per heavy atom. The average Bonchev–Trinajstić information content (AvgIpc) is 2.61. The number of rotatable bonds is 4. The second-order valence-corrected chi connectivity index (χ2v) is 8.67. The number of piperazine rings is 1. The molecule has 0 amide bonds. The van der Waals surface area contributed by atoms with Gasteiger partial charge in [-0.2, -0.15) is 0 Å². The number of nitrogens with zero attached hydrogens (tertiary/aromatic N) is 4. The molecule has 2 atom stereocenters. The predicted molar refractivity (Wildman–Crippen MR) is 114 cm³/mol. The van der Waals surface area contributed by atoms with Gasteiger partial charge in [-0.05, 0) is 48.0 Å². The lowest BCUT2D eigenvalue weighted by molar-refractivity contribution is -0.0828. The molecule has 2 fully saturated rings. The van der Waals surface area contributed by atoms with Gasteiger partial charge in [-0.3, -0.25) is 9.69 Å². The number of hydrogen-bond donors (Lipinski definition) is 1. The van der Waals surface area contributed by atoms with Crippen LogP contribution in [-0.2, 0) is 11.8 Å². The number of aromatic nitrogens is 2. The fourth-order valence-electron chi connectivity index (χ4n) is 3.96. The normalized spacial score (nSPS) is 23.5. The van der Waals surface area contributed by atoms with E-state index in [9.17, 15) is 4.79 Å². The Balaban J connectivity index is 1.47. The SMILES string of the molecule is CC1CN(c2ccc(Nc3cc(Br)cn(C)c3=O)nc2)[C@@H](C)CN1C1COC1. The number of nitrogens with one attached hydrogen (secondary N) is 1. The molecule has 2 aromatic heterocycles. The quantitative estimate of drug-likeness (QED) is 0.776. The van der Waals surface area contributed by atoms with Crippen molar-refractivity contribution in [1.29, 1.82) is 0 Å². The standard InChI is InChI=1S/C20H26BrN5O2/c1-13-9-26(17-11-28-12-17)14(2)8-25(13)16-4-5-19(22-7-16)23-18-6-15(21)10-24(3)20(18)27/h4-7,10,13-14,17H,8-9,11-12H2,1-3H3,(H,22,23)/t13-,14?/m0/s1. The van der Waals surface area contributed by atoms with Gasteiger partial charge in [-0.15, -0.1) is 0 Å². The van der Waals surface area contributed by atoms with Crippen molar-refractivity contribution in [2.24, 2.45) is 7.05 Å². The zero-order valence-corrected chi connectivity index (χ0v) is 18.0. The van der Waals surface area contributed by atoms with Gasteiger partial charge < -0.3 is 19.5 Å². The van der Waals surface area contributed by atoms with Gasteiger partial charge in [-0.1, -0.05) is 0 Å². The number of ether oxygens (including phenoxy) is 1. The second-order valence-electron chi connectivity index (χ2n) is 7.75. The van der Waals surface area contributed by atoms with E-state index in [4.69, 9.17) is 4.74 Å². The monoisotopic (exact) mass is 447 g/mol. The lowest BCUT2D eigenvalue weighted by Crippen LogP contribution is -2.63. The summed E-state index contributed by atoms with van der Waals surface area (Å²) in [5.41, 5.74) is 1.51. The van der Waals surface area contributed by atoms with Crippen LogP contribution in [0, 0.1) is 0 Å². The third kappa shape index (κ3) is 3.81. The second kappa shape index (κ2) is 7.85. The maximum absolute atomic E-state index is 12.3. The molecule has 150 valence electrons. The Labute approximate surface area is 173 Å². The fraction of sp³-hybridized carbons (Fsp3) is 0.500. The van der Waals surface area contributed by atoms with Crippen LogP contribution >= 0.6 is 15.9 Å². The molecule has 1 unspecified atom stereocenters. The van der Waals surface area contributed by atoms with Crippen LogP contribution in [0.2, 0.25) is 0 Å². The molecule has 0 bridgehead atoms. The maximum atomic E-state index is 12.3. The highest BCUT2D eigenvalue weighted by atomic mass is 79.9. The van der Waals surface area contributed by atoms with Crippen LogP contribution in [0.3, 0.4) is 0 Å². The smallest absolute Gasteiger partial charge is 0.274 e. The first-order valence-corrected chi connectivity index (χ1v) is 10.4. The number of aryl methyl sites for hydroxylation is 1. The Hall–Kier alpha value is -1.90. The van der Waals surface area contributed by atoms with Crippen molar-refractivity contribution in [1.82, 2.24) is 14.5 Å². The van der Waals surface area contributed by atoms with Crippen molar-refractivity contribution in [3.05, 3.63) is 45.4 Å². The topological polar surface area (TPSA) is 62.6 Å². The van der Waals surface area contributed by atoms with Crippen molar-refractivity contribution < 1.29 is 4.74 Å². The minimum Gasteiger partial charge on any atom is -0.378 e. The Kier molecular flexibility index (Phi) is 5.44. The van der Waals surface area contributed by atoms with E-state index >= 15 is 0 Å². The molecule has 2 aliphatic rings. The molecule has 4 heterocycles. The molecule has 0 saturated carbocycles. The van der Waals surface area contributed by atoms with Crippen molar-refractivity contribution in [2.45, 2.75) is 32.0 Å². The predicted octanol–water partition coefficient (Wildman–Crippen LogP) is 2.58. The van der Waals surface area contributed by atoms with E-state index < -0.39 is 0 Å². The number of pyridine rings is 2. The van der Waals surface area contributed by atoms with Crippen LogP contribution in [-0.4, -0.2) is 58.9 Å². The third-order valence-corrected chi connectivity index (χ3v) is 6.05. The highest BCUT2D eigenvalue weighted by molar-refractivity contribution is 9.10. The summed E-state index contributed by atoms with van der Waals surface area (Å²) in [4.78, 5) is 21.8. The molecule has 0 aromatic carbocycles. The zero-order chi connectivity index (χ0) is 19.8. The van der Waals surface area contributed by atoms with E-state index in [2.05, 4.69) is 55.9 Å². The van der Waals surface area contributed by atoms with Crippen molar-refractivity contribution in [2.75, 3.05) is 36.5 Å². The van der Waals surface area contributed by atoms with Gasteiger partial charge in [0.05, 0.1) is 31.1 Å². The van der Waals surface area contributed by atoms with Crippen LogP contribution in [0.4, 0.5) is 17.2 Å². The average molecular weight is 448 g/mol. The summed E-state index contributed by atoms with van der Waals surface area (Å²) in [5.74, 6) is 0.657. The highest BCUT2D eigenvalue weighted by Gasteiger charge is 2.36. The highest BCUT2D eigenvalue weighted by Crippen LogP contribution is 2.27. The molecule has 2 saturated heterocycles. The molecule has 28 heavy (non-hydrogen) atoms. The van der Waals surface area contributed by atoms with Gasteiger partial charge in [0.2, 0.25) is 0 Å². The van der Waals surface area contributed by atoms with E-state index in [1.807, 2.05) is 12.3 Å². The summed E-state index contributed by atoms with van der Waals surface area (Å²) in [6, 6.07) is 7.23. The summed E-state index contributed by atoms with van der Waals surface area (Å²) in [7, 11) is 1.73. The molecule has 0 aliphatic carbocycles. The summed E-state index contributed by atoms with van der Waals surface area (Å²) < 4.78 is 7.75. The molecule has 1 N–H and O–H groups in total. The largest absolute Gasteiger partial charge is 0.378 e. The summed E-state index contributed by atoms with van der Waals surface area (Å²) in [5, 5.41) is 3.13. The van der Waals surface area contributed by atoms with Gasteiger partial charge >= 0.3 is 0 Å². The lowest BCUT2D eigenvalue weighted by Gasteiger charge is -2.50. The number of anilines is 3. The molecule has 2 aromatic rings. The Morgan fingerprint density at radius 2 is 2.00 bits per heavy atom. The van der Waals surface area contributed by atoms with Gasteiger partial charge in [0.25, 0.3) is 5.56 Å². The van der Waals surface area contributed by atoms with Crippen LogP contribution in [0.1, 0.15) is 13.8 Å². The van der Waals surface area contributed by atoms with E-state index in [0.29, 0.717) is 29.6 Å². The van der Waals surface area contributed by atoms with E-state index in [0.717, 1.165) is 36.5 Å². The molecule has 2 aliphatic heterocycles. The van der Waals surface area contributed by atoms with Gasteiger partial charge in [0, 0.05) is 42.9 Å². The minimum atomic E-state index is -0.0902. The first kappa shape index (κ1) is 19.4. The lowest BCUT2D eigenvalue weighted by atomic mass is 10.0. The van der Waals surface area contributed by atoms with Gasteiger partial charge in [-0.25, -0.2) is 4.98 Å². The molecule has 0 spiro atoms. The van der Waals surface area contributed by atoms with Crippen molar-refractivity contribution in [3.8, 4) is 0 Å². The minimum absolute atomic E-state index is 0.0902. The molecular weight excluding hydrogens is 422 g/mol. The summed E-state index contributed by atoms with van der Waals surface area (Å²) >= 11 is 3.42. The zero-order valence-electron chi connectivity index (χ0n) is 16.4. The number of halogens is 1. The third-order valence-electron chi connectivity index (χ3n) is 5.62. The summed E-state index contributed by atoms with van der Waals surface area (Å²) in [6.45, 7) is 8.25. The van der Waals surface area contributed by atoms with E-state index in [-0.39, 0.29) is 5.56 Å². The number of hydrogen-bond acceptors (Lipinski definition) is 6. The Morgan fingerprint density at radius 3 is 2.64 bits per heavy atom. The van der Waals surface area contributed by atoms with Crippen molar-refractivity contribution >= 4 is 33.1 Å². The fourth-order valence-corrected chi connectivity index (χ4v) is 4.50. The first-order valence-electron chi connectivity index (χ1n) is 9.62. The molecule has 8 heteroatoms. The molecule has 0 radical (unpaired) electrons. The summed E-state index contributed by atoms with van der Waals surface area (Å²) in [6.07, 6.45) is 3.62. The molecule has 7 nitrogen and oxygen atoms in total. The van der Waals surface area contributed by atoms with Crippen LogP contribution < -0.4 is 15.8 Å². The van der Waals surface area contributed by atoms with E-state index in [1.54, 1.807) is 19.3 Å².